The smallest absolute Gasteiger partial charge is 0.229 e. The molecule has 0 spiro atoms. The van der Waals surface area contributed by atoms with Crippen molar-refractivity contribution in [2.24, 2.45) is 0 Å². The fourth-order valence-corrected chi connectivity index (χ4v) is 2.09. The van der Waals surface area contributed by atoms with Gasteiger partial charge in [0, 0.05) is 12.7 Å². The van der Waals surface area contributed by atoms with E-state index in [4.69, 9.17) is 9.15 Å². The van der Waals surface area contributed by atoms with Crippen LogP contribution in [0.1, 0.15) is 0 Å². The molecule has 2 aromatic carbocycles. The molecule has 4 heteroatoms. The SMILES string of the molecule is CNc1ccccc1-c1nc2c(OC)cccc2o1. The molecule has 0 saturated heterocycles. The first-order valence-corrected chi connectivity index (χ1v) is 6.04. The standard InChI is InChI=1S/C15H14N2O2/c1-16-11-7-4-3-6-10(11)15-17-14-12(18-2)8-5-9-13(14)19-15/h3-9,16H,1-2H3. The van der Waals surface area contributed by atoms with Gasteiger partial charge in [-0.15, -0.1) is 0 Å². The lowest BCUT2D eigenvalue weighted by Gasteiger charge is -2.04. The lowest BCUT2D eigenvalue weighted by molar-refractivity contribution is 0.419. The van der Waals surface area contributed by atoms with Crippen LogP contribution >= 0.6 is 0 Å². The van der Waals surface area contributed by atoms with Crippen molar-refractivity contribution in [1.82, 2.24) is 4.98 Å². The maximum absolute atomic E-state index is 5.81. The predicted molar refractivity (Wildman–Crippen MR) is 75.5 cm³/mol. The molecular weight excluding hydrogens is 240 g/mol. The fraction of sp³-hybridized carbons (Fsp3) is 0.133. The van der Waals surface area contributed by atoms with Crippen LogP contribution in [0, 0.1) is 0 Å². The largest absolute Gasteiger partial charge is 0.494 e. The quantitative estimate of drug-likeness (QED) is 0.776. The van der Waals surface area contributed by atoms with Crippen LogP contribution in [-0.2, 0) is 0 Å². The van der Waals surface area contributed by atoms with Crippen molar-refractivity contribution >= 4 is 16.8 Å². The fourth-order valence-electron chi connectivity index (χ4n) is 2.09. The summed E-state index contributed by atoms with van der Waals surface area (Å²) >= 11 is 0. The van der Waals surface area contributed by atoms with E-state index in [1.54, 1.807) is 7.11 Å². The number of hydrogen-bond donors (Lipinski definition) is 1. The van der Waals surface area contributed by atoms with Crippen molar-refractivity contribution in [2.75, 3.05) is 19.5 Å². The number of anilines is 1. The Morgan fingerprint density at radius 1 is 1.11 bits per heavy atom. The number of nitrogens with zero attached hydrogens (tertiary/aromatic N) is 1. The Hall–Kier alpha value is -2.49. The third-order valence-electron chi connectivity index (χ3n) is 3.03. The van der Waals surface area contributed by atoms with Gasteiger partial charge in [0.1, 0.15) is 5.75 Å². The number of benzene rings is 2. The average molecular weight is 254 g/mol. The summed E-state index contributed by atoms with van der Waals surface area (Å²) < 4.78 is 11.1. The maximum Gasteiger partial charge on any atom is 0.229 e. The number of nitrogens with one attached hydrogen (secondary N) is 1. The number of ether oxygens (including phenoxy) is 1. The minimum Gasteiger partial charge on any atom is -0.494 e. The van der Waals surface area contributed by atoms with Crippen molar-refractivity contribution in [2.45, 2.75) is 0 Å². The molecule has 0 saturated carbocycles. The zero-order chi connectivity index (χ0) is 13.2. The van der Waals surface area contributed by atoms with Crippen molar-refractivity contribution in [3.63, 3.8) is 0 Å². The second-order valence-corrected chi connectivity index (χ2v) is 4.12. The Labute approximate surface area is 111 Å². The highest BCUT2D eigenvalue weighted by atomic mass is 16.5. The van der Waals surface area contributed by atoms with Crippen LogP contribution in [-0.4, -0.2) is 19.1 Å². The van der Waals surface area contributed by atoms with Crippen LogP contribution in [0.25, 0.3) is 22.6 Å². The first kappa shape index (κ1) is 11.6. The molecule has 3 rings (SSSR count). The van der Waals surface area contributed by atoms with Crippen LogP contribution in [0.4, 0.5) is 5.69 Å². The van der Waals surface area contributed by atoms with Gasteiger partial charge in [0.25, 0.3) is 0 Å². The van der Waals surface area contributed by atoms with E-state index < -0.39 is 0 Å². The van der Waals surface area contributed by atoms with Crippen LogP contribution in [0.2, 0.25) is 0 Å². The first-order valence-electron chi connectivity index (χ1n) is 6.04. The molecule has 0 aliphatic rings. The van der Waals surface area contributed by atoms with Crippen molar-refractivity contribution in [3.05, 3.63) is 42.5 Å². The molecule has 0 radical (unpaired) electrons. The molecular formula is C15H14N2O2. The van der Waals surface area contributed by atoms with Gasteiger partial charge in [-0.25, -0.2) is 4.98 Å². The number of oxazole rings is 1. The summed E-state index contributed by atoms with van der Waals surface area (Å²) in [5.41, 5.74) is 3.38. The van der Waals surface area contributed by atoms with Gasteiger partial charge in [-0.2, -0.15) is 0 Å². The Morgan fingerprint density at radius 3 is 2.74 bits per heavy atom. The van der Waals surface area contributed by atoms with Crippen molar-refractivity contribution in [1.29, 1.82) is 0 Å². The number of fused-ring (bicyclic) bond motifs is 1. The molecule has 0 bridgehead atoms. The molecule has 0 atom stereocenters. The second-order valence-electron chi connectivity index (χ2n) is 4.12. The Morgan fingerprint density at radius 2 is 1.95 bits per heavy atom. The molecule has 1 aromatic heterocycles. The summed E-state index contributed by atoms with van der Waals surface area (Å²) in [6.45, 7) is 0. The summed E-state index contributed by atoms with van der Waals surface area (Å²) in [6.07, 6.45) is 0. The van der Waals surface area contributed by atoms with Crippen LogP contribution < -0.4 is 10.1 Å². The van der Waals surface area contributed by atoms with Crippen molar-refractivity contribution in [3.8, 4) is 17.2 Å². The molecule has 1 N–H and O–H groups in total. The number of hydrogen-bond acceptors (Lipinski definition) is 4. The summed E-state index contributed by atoms with van der Waals surface area (Å²) in [4.78, 5) is 4.53. The third kappa shape index (κ3) is 1.91. The number of methoxy groups -OCH3 is 1. The Bertz CT molecular complexity index is 719. The normalized spacial score (nSPS) is 10.6. The minimum atomic E-state index is 0.587. The topological polar surface area (TPSA) is 47.3 Å². The highest BCUT2D eigenvalue weighted by Gasteiger charge is 2.13. The summed E-state index contributed by atoms with van der Waals surface area (Å²) in [5.74, 6) is 1.30. The Kier molecular flexibility index (Phi) is 2.83. The minimum absolute atomic E-state index is 0.587. The van der Waals surface area contributed by atoms with Crippen LogP contribution in [0.3, 0.4) is 0 Å². The van der Waals surface area contributed by atoms with E-state index in [1.807, 2.05) is 49.5 Å². The molecule has 0 aliphatic carbocycles. The van der Waals surface area contributed by atoms with Gasteiger partial charge in [-0.05, 0) is 24.3 Å². The highest BCUT2D eigenvalue weighted by Crippen LogP contribution is 2.32. The molecule has 0 fully saturated rings. The first-order chi connectivity index (χ1) is 9.33. The van der Waals surface area contributed by atoms with E-state index in [-0.39, 0.29) is 0 Å². The van der Waals surface area contributed by atoms with Gasteiger partial charge in [-0.3, -0.25) is 0 Å². The van der Waals surface area contributed by atoms with E-state index >= 15 is 0 Å². The van der Waals surface area contributed by atoms with E-state index in [9.17, 15) is 0 Å². The van der Waals surface area contributed by atoms with Gasteiger partial charge in [-0.1, -0.05) is 18.2 Å². The van der Waals surface area contributed by atoms with Gasteiger partial charge in [0.05, 0.1) is 12.7 Å². The maximum atomic E-state index is 5.81. The molecule has 0 aliphatic heterocycles. The lowest BCUT2D eigenvalue weighted by atomic mass is 10.2. The van der Waals surface area contributed by atoms with E-state index in [1.165, 1.54) is 0 Å². The van der Waals surface area contributed by atoms with Gasteiger partial charge < -0.3 is 14.5 Å². The second kappa shape index (κ2) is 4.65. The summed E-state index contributed by atoms with van der Waals surface area (Å²) in [6, 6.07) is 13.5. The zero-order valence-corrected chi connectivity index (χ0v) is 10.8. The monoisotopic (exact) mass is 254 g/mol. The number of rotatable bonds is 3. The molecule has 3 aromatic rings. The molecule has 0 amide bonds. The summed E-state index contributed by atoms with van der Waals surface area (Å²) in [7, 11) is 3.51. The van der Waals surface area contributed by atoms with Crippen LogP contribution in [0.15, 0.2) is 46.9 Å². The number of aromatic nitrogens is 1. The lowest BCUT2D eigenvalue weighted by Crippen LogP contribution is -1.91. The Balaban J connectivity index is 2.21. The van der Waals surface area contributed by atoms with Gasteiger partial charge in [0.15, 0.2) is 11.1 Å². The molecule has 4 nitrogen and oxygen atoms in total. The molecule has 1 heterocycles. The van der Waals surface area contributed by atoms with Crippen LogP contribution in [0.5, 0.6) is 5.75 Å². The summed E-state index contributed by atoms with van der Waals surface area (Å²) in [5, 5.41) is 3.14. The molecule has 19 heavy (non-hydrogen) atoms. The molecule has 0 unspecified atom stereocenters. The zero-order valence-electron chi connectivity index (χ0n) is 10.8. The van der Waals surface area contributed by atoms with Gasteiger partial charge >= 0.3 is 0 Å². The van der Waals surface area contributed by atoms with E-state index in [0.717, 1.165) is 28.1 Å². The number of para-hydroxylation sites is 2. The van der Waals surface area contributed by atoms with E-state index in [0.29, 0.717) is 5.89 Å². The highest BCUT2D eigenvalue weighted by molar-refractivity contribution is 5.84. The predicted octanol–water partition coefficient (Wildman–Crippen LogP) is 3.55. The third-order valence-corrected chi connectivity index (χ3v) is 3.03. The van der Waals surface area contributed by atoms with Gasteiger partial charge in [0.2, 0.25) is 5.89 Å². The average Bonchev–Trinajstić information content (AvgIpc) is 2.90. The van der Waals surface area contributed by atoms with Crippen molar-refractivity contribution < 1.29 is 9.15 Å². The van der Waals surface area contributed by atoms with E-state index in [2.05, 4.69) is 10.3 Å². The molecule has 96 valence electrons.